The third kappa shape index (κ3) is 2.91. The average Bonchev–Trinajstić information content (AvgIpc) is 2.35. The van der Waals surface area contributed by atoms with E-state index in [2.05, 4.69) is 0 Å². The SMILES string of the molecule is CC(C)=CC[C@]1(O)C2=C(C[C@H](O)[C@@H]1O)C(=O)CC(C)(C)O2. The maximum Gasteiger partial charge on any atom is 0.166 e. The van der Waals surface area contributed by atoms with Crippen molar-refractivity contribution < 1.29 is 24.9 Å². The summed E-state index contributed by atoms with van der Waals surface area (Å²) in [5.41, 5.74) is -1.22. The molecule has 1 aliphatic heterocycles. The first-order chi connectivity index (χ1) is 9.57. The van der Waals surface area contributed by atoms with Crippen molar-refractivity contribution >= 4 is 5.78 Å². The highest BCUT2D eigenvalue weighted by atomic mass is 16.5. The molecule has 0 aromatic carbocycles. The van der Waals surface area contributed by atoms with Gasteiger partial charge in [0.25, 0.3) is 0 Å². The lowest BCUT2D eigenvalue weighted by atomic mass is 9.74. The summed E-state index contributed by atoms with van der Waals surface area (Å²) in [4.78, 5) is 12.3. The summed E-state index contributed by atoms with van der Waals surface area (Å²) in [6.07, 6.45) is -0.478. The third-order valence-electron chi connectivity index (χ3n) is 4.06. The topological polar surface area (TPSA) is 87.0 Å². The van der Waals surface area contributed by atoms with E-state index in [0.29, 0.717) is 5.57 Å². The maximum atomic E-state index is 12.3. The molecule has 3 atom stereocenters. The van der Waals surface area contributed by atoms with Crippen LogP contribution < -0.4 is 0 Å². The molecule has 0 unspecified atom stereocenters. The highest BCUT2D eigenvalue weighted by Gasteiger charge is 2.53. The van der Waals surface area contributed by atoms with Crippen molar-refractivity contribution in [1.82, 2.24) is 0 Å². The van der Waals surface area contributed by atoms with Crippen molar-refractivity contribution in [2.75, 3.05) is 0 Å². The summed E-state index contributed by atoms with van der Waals surface area (Å²) in [6, 6.07) is 0. The summed E-state index contributed by atoms with van der Waals surface area (Å²) < 4.78 is 5.82. The van der Waals surface area contributed by atoms with Gasteiger partial charge in [0.2, 0.25) is 0 Å². The predicted molar refractivity (Wildman–Crippen MR) is 77.4 cm³/mol. The van der Waals surface area contributed by atoms with Gasteiger partial charge in [-0.25, -0.2) is 0 Å². The minimum atomic E-state index is -1.77. The summed E-state index contributed by atoms with van der Waals surface area (Å²) in [5.74, 6) is -0.0122. The standard InChI is InChI=1S/C16H24O5/c1-9(2)5-6-16(20)13(19)11(17)7-10-12(18)8-15(3,4)21-14(10)16/h5,11,13,17,19-20H,6-8H2,1-4H3/t11-,13-,16+/m0/s1. The first-order valence-corrected chi connectivity index (χ1v) is 7.24. The number of aliphatic hydroxyl groups is 3. The molecule has 118 valence electrons. The minimum absolute atomic E-state index is 0.0164. The van der Waals surface area contributed by atoms with E-state index in [-0.39, 0.29) is 30.8 Å². The zero-order valence-electron chi connectivity index (χ0n) is 13.0. The summed E-state index contributed by atoms with van der Waals surface area (Å²) in [6.45, 7) is 7.29. The van der Waals surface area contributed by atoms with E-state index in [1.807, 2.05) is 13.8 Å². The van der Waals surface area contributed by atoms with Crippen LogP contribution in [0.3, 0.4) is 0 Å². The monoisotopic (exact) mass is 296 g/mol. The molecule has 0 radical (unpaired) electrons. The van der Waals surface area contributed by atoms with Crippen LogP contribution >= 0.6 is 0 Å². The van der Waals surface area contributed by atoms with E-state index in [1.54, 1.807) is 19.9 Å². The first-order valence-electron chi connectivity index (χ1n) is 7.24. The molecule has 21 heavy (non-hydrogen) atoms. The predicted octanol–water partition coefficient (Wildman–Crippen LogP) is 1.22. The molecule has 0 bridgehead atoms. The van der Waals surface area contributed by atoms with Crippen molar-refractivity contribution in [1.29, 1.82) is 0 Å². The second kappa shape index (κ2) is 5.23. The van der Waals surface area contributed by atoms with Gasteiger partial charge in [0.05, 0.1) is 12.5 Å². The molecule has 2 rings (SSSR count). The molecule has 1 heterocycles. The van der Waals surface area contributed by atoms with E-state index in [1.165, 1.54) is 0 Å². The van der Waals surface area contributed by atoms with Crippen LogP contribution in [0.25, 0.3) is 0 Å². The summed E-state index contributed by atoms with van der Waals surface area (Å²) in [7, 11) is 0. The highest BCUT2D eigenvalue weighted by molar-refractivity contribution is 5.97. The van der Waals surface area contributed by atoms with Crippen LogP contribution in [0.5, 0.6) is 0 Å². The Hall–Kier alpha value is -1.17. The van der Waals surface area contributed by atoms with Gasteiger partial charge in [0.1, 0.15) is 17.5 Å². The molecule has 0 saturated heterocycles. The zero-order valence-corrected chi connectivity index (χ0v) is 13.0. The molecule has 0 fully saturated rings. The van der Waals surface area contributed by atoms with Crippen molar-refractivity contribution in [2.24, 2.45) is 0 Å². The molecule has 0 spiro atoms. The van der Waals surface area contributed by atoms with Gasteiger partial charge in [-0.2, -0.15) is 0 Å². The number of carbonyl (C=O) groups is 1. The van der Waals surface area contributed by atoms with Crippen LogP contribution in [-0.4, -0.2) is 44.5 Å². The first kappa shape index (κ1) is 16.2. The van der Waals surface area contributed by atoms with E-state index in [9.17, 15) is 20.1 Å². The molecule has 0 saturated carbocycles. The quantitative estimate of drug-likeness (QED) is 0.667. The van der Waals surface area contributed by atoms with E-state index < -0.39 is 23.4 Å². The molecule has 2 aliphatic rings. The van der Waals surface area contributed by atoms with Gasteiger partial charge in [-0.15, -0.1) is 0 Å². The Labute approximate surface area is 124 Å². The fourth-order valence-corrected chi connectivity index (χ4v) is 2.90. The van der Waals surface area contributed by atoms with Gasteiger partial charge < -0.3 is 20.1 Å². The zero-order chi connectivity index (χ0) is 16.0. The molecule has 5 nitrogen and oxygen atoms in total. The van der Waals surface area contributed by atoms with Gasteiger partial charge in [-0.3, -0.25) is 4.79 Å². The van der Waals surface area contributed by atoms with Gasteiger partial charge in [-0.1, -0.05) is 11.6 Å². The number of carbonyl (C=O) groups excluding carboxylic acids is 1. The fourth-order valence-electron chi connectivity index (χ4n) is 2.90. The van der Waals surface area contributed by atoms with Crippen molar-refractivity contribution in [3.63, 3.8) is 0 Å². The third-order valence-corrected chi connectivity index (χ3v) is 4.06. The van der Waals surface area contributed by atoms with E-state index >= 15 is 0 Å². The van der Waals surface area contributed by atoms with Crippen molar-refractivity contribution in [2.45, 2.75) is 70.4 Å². The lowest BCUT2D eigenvalue weighted by Gasteiger charge is -2.46. The fraction of sp³-hybridized carbons (Fsp3) is 0.688. The molecule has 3 N–H and O–H groups in total. The van der Waals surface area contributed by atoms with Crippen LogP contribution in [-0.2, 0) is 9.53 Å². The summed E-state index contributed by atoms with van der Waals surface area (Å²) in [5, 5.41) is 31.2. The number of Topliss-reactive ketones (excluding diaryl/α,β-unsaturated/α-hetero) is 1. The van der Waals surface area contributed by atoms with E-state index in [4.69, 9.17) is 4.74 Å². The Bertz CT molecular complexity index is 513. The largest absolute Gasteiger partial charge is 0.488 e. The number of allylic oxidation sites excluding steroid dienone is 1. The van der Waals surface area contributed by atoms with Gasteiger partial charge >= 0.3 is 0 Å². The maximum absolute atomic E-state index is 12.3. The number of rotatable bonds is 2. The lowest BCUT2D eigenvalue weighted by molar-refractivity contribution is -0.163. The molecule has 0 amide bonds. The van der Waals surface area contributed by atoms with Crippen LogP contribution in [0.4, 0.5) is 0 Å². The Morgan fingerprint density at radius 2 is 2.00 bits per heavy atom. The number of ether oxygens (including phenoxy) is 1. The second-order valence-electron chi connectivity index (χ2n) is 6.90. The normalized spacial score (nSPS) is 35.1. The Morgan fingerprint density at radius 3 is 2.57 bits per heavy atom. The second-order valence-corrected chi connectivity index (χ2v) is 6.90. The number of hydrogen-bond acceptors (Lipinski definition) is 5. The lowest BCUT2D eigenvalue weighted by Crippen LogP contribution is -2.57. The number of ketones is 1. The minimum Gasteiger partial charge on any atom is -0.488 e. The Balaban J connectivity index is 2.51. The molecule has 0 aromatic rings. The Morgan fingerprint density at radius 1 is 1.38 bits per heavy atom. The van der Waals surface area contributed by atoms with Gasteiger partial charge in [-0.05, 0) is 27.7 Å². The van der Waals surface area contributed by atoms with E-state index in [0.717, 1.165) is 5.57 Å². The molecular formula is C16H24O5. The van der Waals surface area contributed by atoms with Crippen LogP contribution in [0, 0.1) is 0 Å². The van der Waals surface area contributed by atoms with Crippen LogP contribution in [0.15, 0.2) is 23.0 Å². The summed E-state index contributed by atoms with van der Waals surface area (Å²) >= 11 is 0. The molecular weight excluding hydrogens is 272 g/mol. The smallest absolute Gasteiger partial charge is 0.166 e. The van der Waals surface area contributed by atoms with Gasteiger partial charge in [0, 0.05) is 18.4 Å². The Kier molecular flexibility index (Phi) is 4.04. The van der Waals surface area contributed by atoms with Crippen molar-refractivity contribution in [3.05, 3.63) is 23.0 Å². The van der Waals surface area contributed by atoms with Crippen LogP contribution in [0.1, 0.15) is 47.0 Å². The number of aliphatic hydroxyl groups excluding tert-OH is 2. The molecule has 1 aliphatic carbocycles. The van der Waals surface area contributed by atoms with Crippen molar-refractivity contribution in [3.8, 4) is 0 Å². The highest BCUT2D eigenvalue weighted by Crippen LogP contribution is 2.44. The molecule has 0 aromatic heterocycles. The number of hydrogen-bond donors (Lipinski definition) is 3. The van der Waals surface area contributed by atoms with Gasteiger partial charge in [0.15, 0.2) is 11.4 Å². The average molecular weight is 296 g/mol. The molecule has 5 heteroatoms. The van der Waals surface area contributed by atoms with Crippen LogP contribution in [0.2, 0.25) is 0 Å².